The van der Waals surface area contributed by atoms with Crippen LogP contribution in [0.4, 0.5) is 0 Å². The van der Waals surface area contributed by atoms with Crippen molar-refractivity contribution in [2.75, 3.05) is 6.61 Å². The average molecular weight is 317 g/mol. The lowest BCUT2D eigenvalue weighted by Crippen LogP contribution is -2.39. The maximum absolute atomic E-state index is 12.1. The molecule has 2 N–H and O–H groups in total. The van der Waals surface area contributed by atoms with Crippen molar-refractivity contribution in [1.29, 1.82) is 0 Å². The summed E-state index contributed by atoms with van der Waals surface area (Å²) in [6.07, 6.45) is 0.667. The Morgan fingerprint density at radius 3 is 2.96 bits per heavy atom. The molecule has 23 heavy (non-hydrogen) atoms. The summed E-state index contributed by atoms with van der Waals surface area (Å²) < 4.78 is 6.85. The van der Waals surface area contributed by atoms with E-state index >= 15 is 0 Å². The number of nitrogens with zero attached hydrogens (tertiary/aromatic N) is 2. The van der Waals surface area contributed by atoms with Crippen molar-refractivity contribution in [2.24, 2.45) is 7.05 Å². The Kier molecular flexibility index (Phi) is 3.73. The van der Waals surface area contributed by atoms with E-state index in [2.05, 4.69) is 10.4 Å². The molecule has 0 radical (unpaired) electrons. The second-order valence-corrected chi connectivity index (χ2v) is 5.35. The van der Waals surface area contributed by atoms with Crippen molar-refractivity contribution in [1.82, 2.24) is 15.1 Å². The molecule has 1 fully saturated rings. The number of aliphatic carboxylic acids is 1. The lowest BCUT2D eigenvalue weighted by molar-refractivity contribution is -0.139. The summed E-state index contributed by atoms with van der Waals surface area (Å²) in [6.45, 7) is -0.460. The fraction of sp³-hybridized carbons (Fsp3) is 0.333. The molecule has 8 nitrogen and oxygen atoms in total. The van der Waals surface area contributed by atoms with Crippen LogP contribution < -0.4 is 10.1 Å². The number of piperidine rings is 1. The lowest BCUT2D eigenvalue weighted by atomic mass is 9.93. The number of hydrogen-bond acceptors (Lipinski definition) is 5. The van der Waals surface area contributed by atoms with E-state index in [4.69, 9.17) is 9.84 Å². The van der Waals surface area contributed by atoms with Crippen molar-refractivity contribution in [3.05, 3.63) is 23.9 Å². The van der Waals surface area contributed by atoms with Crippen molar-refractivity contribution in [2.45, 2.75) is 18.8 Å². The maximum Gasteiger partial charge on any atom is 0.341 e. The van der Waals surface area contributed by atoms with Crippen LogP contribution in [0.1, 0.15) is 24.5 Å². The number of carboxylic acids is 1. The third-order valence-corrected chi connectivity index (χ3v) is 3.78. The predicted molar refractivity (Wildman–Crippen MR) is 79.0 cm³/mol. The second-order valence-electron chi connectivity index (χ2n) is 5.35. The van der Waals surface area contributed by atoms with Crippen molar-refractivity contribution in [3.63, 3.8) is 0 Å². The minimum Gasteiger partial charge on any atom is -0.480 e. The van der Waals surface area contributed by atoms with E-state index in [1.54, 1.807) is 29.9 Å². The topological polar surface area (TPSA) is 111 Å². The molecule has 1 unspecified atom stereocenters. The number of carbonyl (C=O) groups excluding carboxylic acids is 2. The molecule has 0 spiro atoms. The van der Waals surface area contributed by atoms with Gasteiger partial charge in [-0.15, -0.1) is 0 Å². The molecule has 0 bridgehead atoms. The SMILES string of the molecule is Cn1nc(C2CCC(=O)NC2=O)c2cccc(OCC(=O)O)c21. The van der Waals surface area contributed by atoms with Gasteiger partial charge < -0.3 is 9.84 Å². The van der Waals surface area contributed by atoms with Gasteiger partial charge in [0.25, 0.3) is 0 Å². The molecule has 0 aliphatic carbocycles. The van der Waals surface area contributed by atoms with Crippen LogP contribution >= 0.6 is 0 Å². The second kappa shape index (κ2) is 5.71. The standard InChI is InChI=1S/C15H15N3O5/c1-18-14-8(3-2-4-10(14)23-7-12(20)21)13(17-18)9-5-6-11(19)16-15(9)22/h2-4,9H,5-7H2,1H3,(H,20,21)(H,16,19,22). The van der Waals surface area contributed by atoms with Gasteiger partial charge in [0, 0.05) is 18.9 Å². The number of para-hydroxylation sites is 1. The molecule has 2 aromatic rings. The highest BCUT2D eigenvalue weighted by Gasteiger charge is 2.32. The fourth-order valence-electron chi connectivity index (χ4n) is 2.80. The van der Waals surface area contributed by atoms with Gasteiger partial charge in [-0.1, -0.05) is 12.1 Å². The minimum absolute atomic E-state index is 0.268. The van der Waals surface area contributed by atoms with Crippen LogP contribution in [0.25, 0.3) is 10.9 Å². The number of fused-ring (bicyclic) bond motifs is 1. The Labute approximate surface area is 131 Å². The zero-order valence-electron chi connectivity index (χ0n) is 12.4. The summed E-state index contributed by atoms with van der Waals surface area (Å²) in [4.78, 5) is 34.0. The van der Waals surface area contributed by atoms with Gasteiger partial charge in [-0.2, -0.15) is 5.10 Å². The predicted octanol–water partition coefficient (Wildman–Crippen LogP) is 0.557. The van der Waals surface area contributed by atoms with Crippen LogP contribution in [-0.4, -0.2) is 39.3 Å². The molecule has 1 aromatic heterocycles. The number of imide groups is 1. The summed E-state index contributed by atoms with van der Waals surface area (Å²) in [5.41, 5.74) is 1.18. The molecule has 1 aromatic carbocycles. The Balaban J connectivity index is 2.03. The van der Waals surface area contributed by atoms with E-state index in [-0.39, 0.29) is 18.2 Å². The highest BCUT2D eigenvalue weighted by Crippen LogP contribution is 2.34. The minimum atomic E-state index is -1.07. The van der Waals surface area contributed by atoms with Gasteiger partial charge >= 0.3 is 5.97 Å². The third kappa shape index (κ3) is 2.75. The van der Waals surface area contributed by atoms with Gasteiger partial charge in [0.05, 0.1) is 11.6 Å². The smallest absolute Gasteiger partial charge is 0.341 e. The number of nitrogens with one attached hydrogen (secondary N) is 1. The number of ether oxygens (including phenoxy) is 1. The number of carboxylic acid groups (broad SMARTS) is 1. The number of rotatable bonds is 4. The van der Waals surface area contributed by atoms with Crippen molar-refractivity contribution in [3.8, 4) is 5.75 Å². The van der Waals surface area contributed by atoms with Crippen LogP contribution in [0.2, 0.25) is 0 Å². The van der Waals surface area contributed by atoms with Gasteiger partial charge in [-0.05, 0) is 12.5 Å². The molecule has 120 valence electrons. The van der Waals surface area contributed by atoms with E-state index < -0.39 is 18.5 Å². The average Bonchev–Trinajstić information content (AvgIpc) is 2.83. The largest absolute Gasteiger partial charge is 0.480 e. The zero-order chi connectivity index (χ0) is 16.6. The molecule has 1 aliphatic heterocycles. The first-order valence-electron chi connectivity index (χ1n) is 7.11. The number of aromatic nitrogens is 2. The highest BCUT2D eigenvalue weighted by atomic mass is 16.5. The number of carbonyl (C=O) groups is 3. The van der Waals surface area contributed by atoms with Crippen LogP contribution in [0, 0.1) is 0 Å². The molecule has 3 rings (SSSR count). The Morgan fingerprint density at radius 2 is 2.26 bits per heavy atom. The number of amides is 2. The molecule has 8 heteroatoms. The molecular weight excluding hydrogens is 302 g/mol. The summed E-state index contributed by atoms with van der Waals surface area (Å²) in [7, 11) is 1.70. The lowest BCUT2D eigenvalue weighted by Gasteiger charge is -2.19. The summed E-state index contributed by atoms with van der Waals surface area (Å²) >= 11 is 0. The zero-order valence-corrected chi connectivity index (χ0v) is 12.4. The normalized spacial score (nSPS) is 18.0. The third-order valence-electron chi connectivity index (χ3n) is 3.78. The fourth-order valence-corrected chi connectivity index (χ4v) is 2.80. The van der Waals surface area contributed by atoms with E-state index in [0.717, 1.165) is 0 Å². The molecular formula is C15H15N3O5. The summed E-state index contributed by atoms with van der Waals surface area (Å²) in [5, 5.41) is 16.2. The quantitative estimate of drug-likeness (QED) is 0.797. The molecule has 2 heterocycles. The van der Waals surface area contributed by atoms with E-state index in [1.165, 1.54) is 0 Å². The molecule has 1 aliphatic rings. The monoisotopic (exact) mass is 317 g/mol. The van der Waals surface area contributed by atoms with Gasteiger partial charge in [-0.3, -0.25) is 19.6 Å². The van der Waals surface area contributed by atoms with E-state index in [0.29, 0.717) is 28.8 Å². The van der Waals surface area contributed by atoms with Crippen LogP contribution in [0.3, 0.4) is 0 Å². The van der Waals surface area contributed by atoms with Crippen LogP contribution in [0.5, 0.6) is 5.75 Å². The van der Waals surface area contributed by atoms with Gasteiger partial charge in [0.2, 0.25) is 11.8 Å². The van der Waals surface area contributed by atoms with Crippen LogP contribution in [0.15, 0.2) is 18.2 Å². The first kappa shape index (κ1) is 15.0. The Hall–Kier alpha value is -2.90. The summed E-state index contributed by atoms with van der Waals surface area (Å²) in [6, 6.07) is 5.17. The number of aryl methyl sites for hydroxylation is 1. The Morgan fingerprint density at radius 1 is 1.48 bits per heavy atom. The van der Waals surface area contributed by atoms with Gasteiger partial charge in [0.15, 0.2) is 6.61 Å². The van der Waals surface area contributed by atoms with E-state index in [1.807, 2.05) is 0 Å². The first-order valence-corrected chi connectivity index (χ1v) is 7.11. The van der Waals surface area contributed by atoms with Gasteiger partial charge in [-0.25, -0.2) is 4.79 Å². The van der Waals surface area contributed by atoms with Crippen molar-refractivity contribution >= 4 is 28.7 Å². The number of benzene rings is 1. The molecule has 1 atom stereocenters. The Bertz CT molecular complexity index is 811. The molecule has 0 saturated carbocycles. The van der Waals surface area contributed by atoms with Crippen LogP contribution in [-0.2, 0) is 21.4 Å². The van der Waals surface area contributed by atoms with Crippen molar-refractivity contribution < 1.29 is 24.2 Å². The summed E-state index contributed by atoms with van der Waals surface area (Å²) in [5.74, 6) is -1.84. The highest BCUT2D eigenvalue weighted by molar-refractivity contribution is 6.02. The maximum atomic E-state index is 12.1. The van der Waals surface area contributed by atoms with E-state index in [9.17, 15) is 14.4 Å². The molecule has 2 amide bonds. The first-order chi connectivity index (χ1) is 11.0. The van der Waals surface area contributed by atoms with Gasteiger partial charge in [0.1, 0.15) is 11.3 Å². The number of hydrogen-bond donors (Lipinski definition) is 2. The molecule has 1 saturated heterocycles.